The Bertz CT molecular complexity index is 781. The van der Waals surface area contributed by atoms with Gasteiger partial charge in [0.05, 0.1) is 5.92 Å². The lowest BCUT2D eigenvalue weighted by Gasteiger charge is -2.33. The summed E-state index contributed by atoms with van der Waals surface area (Å²) in [5, 5.41) is 13.7. The van der Waals surface area contributed by atoms with Gasteiger partial charge in [-0.2, -0.15) is 5.10 Å². The normalized spacial score (nSPS) is 21.6. The number of rotatable bonds is 4. The Morgan fingerprint density at radius 2 is 2.12 bits per heavy atom. The maximum Gasteiger partial charge on any atom is 0.229 e. The minimum Gasteiger partial charge on any atom is -0.342 e. The summed E-state index contributed by atoms with van der Waals surface area (Å²) in [6.07, 6.45) is 5.99. The van der Waals surface area contributed by atoms with Crippen LogP contribution in [0.4, 0.5) is 5.13 Å². The Kier molecular flexibility index (Phi) is 4.71. The summed E-state index contributed by atoms with van der Waals surface area (Å²) in [6, 6.07) is 1.93. The molecule has 138 valence electrons. The van der Waals surface area contributed by atoms with E-state index in [1.807, 2.05) is 28.8 Å². The standard InChI is InChI=1S/C17H22N6O2S/c1-12-19-20-17(26-12)23-11-14(9-15(23)24)16(25)21-7-3-13(4-8-21)10-22-6-2-5-18-22/h2,5-6,13-14H,3-4,7-11H2,1H3. The van der Waals surface area contributed by atoms with Crippen molar-refractivity contribution in [3.8, 4) is 0 Å². The molecule has 1 unspecified atom stereocenters. The van der Waals surface area contributed by atoms with Crippen LogP contribution in [0.25, 0.3) is 0 Å². The van der Waals surface area contributed by atoms with Crippen molar-refractivity contribution >= 4 is 28.3 Å². The second-order valence-electron chi connectivity index (χ2n) is 7.01. The lowest BCUT2D eigenvalue weighted by atomic mass is 9.95. The zero-order valence-electron chi connectivity index (χ0n) is 14.7. The van der Waals surface area contributed by atoms with Crippen LogP contribution in [0.1, 0.15) is 24.3 Å². The molecule has 2 aliphatic rings. The zero-order chi connectivity index (χ0) is 18.1. The number of carbonyl (C=O) groups excluding carboxylic acids is 2. The monoisotopic (exact) mass is 374 g/mol. The third kappa shape index (κ3) is 3.48. The third-order valence-electron chi connectivity index (χ3n) is 5.15. The molecule has 2 aromatic heterocycles. The number of amides is 2. The van der Waals surface area contributed by atoms with Crippen molar-refractivity contribution in [2.75, 3.05) is 24.5 Å². The molecule has 2 aliphatic heterocycles. The van der Waals surface area contributed by atoms with Gasteiger partial charge in [0.15, 0.2) is 0 Å². The quantitative estimate of drug-likeness (QED) is 0.806. The highest BCUT2D eigenvalue weighted by Crippen LogP contribution is 2.29. The Balaban J connectivity index is 1.32. The van der Waals surface area contributed by atoms with Crippen LogP contribution in [-0.4, -0.2) is 56.3 Å². The maximum absolute atomic E-state index is 12.8. The van der Waals surface area contributed by atoms with Gasteiger partial charge in [-0.05, 0) is 31.7 Å². The molecule has 0 radical (unpaired) electrons. The van der Waals surface area contributed by atoms with Crippen molar-refractivity contribution in [3.05, 3.63) is 23.5 Å². The Morgan fingerprint density at radius 1 is 1.31 bits per heavy atom. The van der Waals surface area contributed by atoms with E-state index in [0.29, 0.717) is 17.6 Å². The van der Waals surface area contributed by atoms with E-state index < -0.39 is 0 Å². The predicted molar refractivity (Wildman–Crippen MR) is 96.6 cm³/mol. The van der Waals surface area contributed by atoms with Gasteiger partial charge in [0.2, 0.25) is 16.9 Å². The summed E-state index contributed by atoms with van der Waals surface area (Å²) in [5.74, 6) is 0.340. The van der Waals surface area contributed by atoms with Crippen LogP contribution in [0.3, 0.4) is 0 Å². The molecule has 0 bridgehead atoms. The average molecular weight is 374 g/mol. The van der Waals surface area contributed by atoms with Gasteiger partial charge in [0.25, 0.3) is 0 Å². The van der Waals surface area contributed by atoms with Crippen molar-refractivity contribution in [2.24, 2.45) is 11.8 Å². The smallest absolute Gasteiger partial charge is 0.229 e. The van der Waals surface area contributed by atoms with Gasteiger partial charge in [-0.1, -0.05) is 11.3 Å². The summed E-state index contributed by atoms with van der Waals surface area (Å²) in [5.41, 5.74) is 0. The molecule has 4 rings (SSSR count). The van der Waals surface area contributed by atoms with E-state index in [9.17, 15) is 9.59 Å². The number of carbonyl (C=O) groups is 2. The molecule has 2 fully saturated rings. The summed E-state index contributed by atoms with van der Waals surface area (Å²) in [6.45, 7) is 4.69. The molecule has 0 saturated carbocycles. The topological polar surface area (TPSA) is 84.2 Å². The number of likely N-dealkylation sites (tertiary alicyclic amines) is 1. The van der Waals surface area contributed by atoms with Crippen molar-refractivity contribution in [3.63, 3.8) is 0 Å². The molecule has 2 saturated heterocycles. The number of hydrogen-bond acceptors (Lipinski definition) is 6. The third-order valence-corrected chi connectivity index (χ3v) is 6.01. The minimum absolute atomic E-state index is 0.0342. The number of aromatic nitrogens is 4. The van der Waals surface area contributed by atoms with Crippen molar-refractivity contribution in [2.45, 2.75) is 32.7 Å². The molecular formula is C17H22N6O2S. The van der Waals surface area contributed by atoms with Crippen LogP contribution in [0.2, 0.25) is 0 Å². The molecule has 26 heavy (non-hydrogen) atoms. The van der Waals surface area contributed by atoms with Crippen LogP contribution < -0.4 is 4.90 Å². The highest BCUT2D eigenvalue weighted by Gasteiger charge is 2.39. The zero-order valence-corrected chi connectivity index (χ0v) is 15.6. The van der Waals surface area contributed by atoms with E-state index in [0.717, 1.165) is 37.5 Å². The number of anilines is 1. The summed E-state index contributed by atoms with van der Waals surface area (Å²) in [4.78, 5) is 28.7. The number of nitrogens with zero attached hydrogens (tertiary/aromatic N) is 6. The van der Waals surface area contributed by atoms with Crippen molar-refractivity contribution in [1.82, 2.24) is 24.9 Å². The molecule has 0 spiro atoms. The largest absolute Gasteiger partial charge is 0.342 e. The fourth-order valence-electron chi connectivity index (χ4n) is 3.72. The number of piperidine rings is 1. The molecule has 2 aromatic rings. The Morgan fingerprint density at radius 3 is 2.77 bits per heavy atom. The Labute approximate surface area is 155 Å². The van der Waals surface area contributed by atoms with E-state index in [2.05, 4.69) is 15.3 Å². The van der Waals surface area contributed by atoms with Crippen LogP contribution in [0, 0.1) is 18.8 Å². The van der Waals surface area contributed by atoms with Gasteiger partial charge in [-0.25, -0.2) is 0 Å². The minimum atomic E-state index is -0.269. The van der Waals surface area contributed by atoms with E-state index in [1.54, 1.807) is 11.1 Å². The van der Waals surface area contributed by atoms with Gasteiger partial charge in [0.1, 0.15) is 5.01 Å². The molecule has 0 N–H and O–H groups in total. The number of aryl methyl sites for hydroxylation is 1. The fraction of sp³-hybridized carbons (Fsp3) is 0.588. The van der Waals surface area contributed by atoms with E-state index in [1.165, 1.54) is 11.3 Å². The molecular weight excluding hydrogens is 352 g/mol. The summed E-state index contributed by atoms with van der Waals surface area (Å²) >= 11 is 1.39. The molecule has 2 amide bonds. The highest BCUT2D eigenvalue weighted by atomic mass is 32.1. The number of hydrogen-bond donors (Lipinski definition) is 0. The van der Waals surface area contributed by atoms with Gasteiger partial charge in [-0.15, -0.1) is 10.2 Å². The lowest BCUT2D eigenvalue weighted by Crippen LogP contribution is -2.43. The SMILES string of the molecule is Cc1nnc(N2CC(C(=O)N3CCC(Cn4cccn4)CC3)CC2=O)s1. The van der Waals surface area contributed by atoms with E-state index in [-0.39, 0.29) is 24.2 Å². The highest BCUT2D eigenvalue weighted by molar-refractivity contribution is 7.15. The second-order valence-corrected chi connectivity index (χ2v) is 8.17. The molecule has 1 atom stereocenters. The van der Waals surface area contributed by atoms with Crippen molar-refractivity contribution < 1.29 is 9.59 Å². The molecule has 4 heterocycles. The van der Waals surface area contributed by atoms with Crippen LogP contribution in [0.5, 0.6) is 0 Å². The first-order valence-electron chi connectivity index (χ1n) is 8.97. The first-order valence-corrected chi connectivity index (χ1v) is 9.78. The van der Waals surface area contributed by atoms with Gasteiger partial charge >= 0.3 is 0 Å². The first kappa shape index (κ1) is 17.1. The second kappa shape index (κ2) is 7.14. The van der Waals surface area contributed by atoms with E-state index >= 15 is 0 Å². The Hall–Kier alpha value is -2.29. The summed E-state index contributed by atoms with van der Waals surface area (Å²) < 4.78 is 1.96. The van der Waals surface area contributed by atoms with Gasteiger partial charge in [0, 0.05) is 45.0 Å². The van der Waals surface area contributed by atoms with E-state index in [4.69, 9.17) is 0 Å². The molecule has 9 heteroatoms. The molecule has 8 nitrogen and oxygen atoms in total. The first-order chi connectivity index (χ1) is 12.6. The van der Waals surface area contributed by atoms with Crippen LogP contribution in [0.15, 0.2) is 18.5 Å². The summed E-state index contributed by atoms with van der Waals surface area (Å²) in [7, 11) is 0. The van der Waals surface area contributed by atoms with Crippen LogP contribution >= 0.6 is 11.3 Å². The average Bonchev–Trinajstić information content (AvgIpc) is 3.37. The maximum atomic E-state index is 12.8. The lowest BCUT2D eigenvalue weighted by molar-refractivity contribution is -0.137. The van der Waals surface area contributed by atoms with Gasteiger partial charge < -0.3 is 4.90 Å². The molecule has 0 aliphatic carbocycles. The van der Waals surface area contributed by atoms with Crippen LogP contribution in [-0.2, 0) is 16.1 Å². The molecule has 0 aromatic carbocycles. The predicted octanol–water partition coefficient (Wildman–Crippen LogP) is 1.33. The van der Waals surface area contributed by atoms with Gasteiger partial charge in [-0.3, -0.25) is 19.2 Å². The fourth-order valence-corrected chi connectivity index (χ4v) is 4.43. The van der Waals surface area contributed by atoms with Crippen molar-refractivity contribution in [1.29, 1.82) is 0 Å².